The molecule has 0 spiro atoms. The molecule has 246 valence electrons. The molecule has 0 saturated carbocycles. The number of sulfone groups is 1. The first-order valence-electron chi connectivity index (χ1n) is 15.1. The number of carbonyl (C=O) groups is 3. The number of likely N-dealkylation sites (tertiary alicyclic amines) is 1. The van der Waals surface area contributed by atoms with Crippen LogP contribution in [0.15, 0.2) is 42.0 Å². The summed E-state index contributed by atoms with van der Waals surface area (Å²) >= 11 is 0. The zero-order valence-corrected chi connectivity index (χ0v) is 29.1. The van der Waals surface area contributed by atoms with Gasteiger partial charge in [0, 0.05) is 32.8 Å². The van der Waals surface area contributed by atoms with Crippen LogP contribution < -0.4 is 0 Å². The summed E-state index contributed by atoms with van der Waals surface area (Å²) in [6, 6.07) is 8.68. The Hall–Kier alpha value is -2.74. The summed E-state index contributed by atoms with van der Waals surface area (Å²) in [5.41, 5.74) is 1.03. The van der Waals surface area contributed by atoms with Crippen molar-refractivity contribution in [2.75, 3.05) is 39.6 Å². The molecule has 0 bridgehead atoms. The van der Waals surface area contributed by atoms with Crippen LogP contribution in [0.5, 0.6) is 0 Å². The van der Waals surface area contributed by atoms with Crippen molar-refractivity contribution in [1.82, 2.24) is 14.7 Å². The molecule has 4 atom stereocenters. The molecule has 2 heterocycles. The Morgan fingerprint density at radius 1 is 1.11 bits per heavy atom. The highest BCUT2D eigenvalue weighted by Gasteiger charge is 2.49. The Kier molecular flexibility index (Phi) is 11.5. The molecule has 3 unspecified atom stereocenters. The summed E-state index contributed by atoms with van der Waals surface area (Å²) in [4.78, 5) is 44.0. The summed E-state index contributed by atoms with van der Waals surface area (Å²) < 4.78 is 37.6. The maximum atomic E-state index is 14.2. The number of rotatable bonds is 11. The summed E-state index contributed by atoms with van der Waals surface area (Å²) in [6.45, 7) is 12.6. The van der Waals surface area contributed by atoms with E-state index in [0.29, 0.717) is 0 Å². The fraction of sp³-hybridized carbons (Fsp3) is 0.645. The molecule has 1 saturated heterocycles. The fourth-order valence-electron chi connectivity index (χ4n) is 5.33. The van der Waals surface area contributed by atoms with Gasteiger partial charge in [0.25, 0.3) is 0 Å². The zero-order chi connectivity index (χ0) is 33.0. The number of amides is 3. The summed E-state index contributed by atoms with van der Waals surface area (Å²) in [5.74, 6) is -2.00. The van der Waals surface area contributed by atoms with E-state index in [1.807, 2.05) is 30.3 Å². The highest BCUT2D eigenvalue weighted by Crippen LogP contribution is 2.38. The van der Waals surface area contributed by atoms with Crippen LogP contribution in [-0.4, -0.2) is 112 Å². The van der Waals surface area contributed by atoms with Crippen molar-refractivity contribution < 1.29 is 37.1 Å². The fourth-order valence-corrected chi connectivity index (χ4v) is 8.07. The van der Waals surface area contributed by atoms with E-state index in [4.69, 9.17) is 9.16 Å². The quantitative estimate of drug-likeness (QED) is 0.360. The number of nitrogens with zero attached hydrogens (tertiary/aromatic N) is 3. The molecule has 1 N–H and O–H groups in total. The second kappa shape index (κ2) is 14.1. The predicted molar refractivity (Wildman–Crippen MR) is 171 cm³/mol. The van der Waals surface area contributed by atoms with E-state index in [-0.39, 0.29) is 61.4 Å². The minimum atomic E-state index is -3.62. The van der Waals surface area contributed by atoms with Crippen molar-refractivity contribution >= 4 is 36.1 Å². The summed E-state index contributed by atoms with van der Waals surface area (Å²) in [5, 5.41) is 10.3. The third-order valence-electron chi connectivity index (χ3n) is 8.96. The molecule has 0 aliphatic carbocycles. The Labute approximate surface area is 263 Å². The Morgan fingerprint density at radius 2 is 1.75 bits per heavy atom. The van der Waals surface area contributed by atoms with Gasteiger partial charge >= 0.3 is 6.09 Å². The first-order valence-corrected chi connectivity index (χ1v) is 19.8. The van der Waals surface area contributed by atoms with E-state index in [0.717, 1.165) is 5.56 Å². The molecule has 13 heteroatoms. The molecule has 0 radical (unpaired) electrons. The van der Waals surface area contributed by atoms with Gasteiger partial charge in [-0.05, 0) is 43.5 Å². The zero-order valence-electron chi connectivity index (χ0n) is 27.3. The highest BCUT2D eigenvalue weighted by molar-refractivity contribution is 7.92. The molecular weight excluding hydrogens is 603 g/mol. The van der Waals surface area contributed by atoms with Crippen LogP contribution in [-0.2, 0) is 35.1 Å². The number of aliphatic hydroxyl groups excluding tert-OH is 1. The van der Waals surface area contributed by atoms with Crippen LogP contribution >= 0.6 is 0 Å². The molecular formula is C31H49N3O8SSi. The number of likely N-dealkylation sites (N-methyl/N-ethyl adjacent to an activating group) is 1. The number of carbonyl (C=O) groups excluding carboxylic acids is 3. The number of ether oxygens (including phenoxy) is 1. The van der Waals surface area contributed by atoms with E-state index < -0.39 is 53.6 Å². The van der Waals surface area contributed by atoms with E-state index in [9.17, 15) is 27.9 Å². The van der Waals surface area contributed by atoms with Gasteiger partial charge < -0.3 is 24.1 Å². The van der Waals surface area contributed by atoms with Crippen LogP contribution in [0.3, 0.4) is 0 Å². The van der Waals surface area contributed by atoms with E-state index in [1.165, 1.54) is 20.8 Å². The predicted octanol–water partition coefficient (Wildman–Crippen LogP) is 3.40. The average Bonchev–Trinajstić information content (AvgIpc) is 3.43. The van der Waals surface area contributed by atoms with E-state index in [2.05, 4.69) is 33.9 Å². The summed E-state index contributed by atoms with van der Waals surface area (Å²) in [6.07, 6.45) is -0.535. The smallest absolute Gasteiger partial charge is 0.412 e. The van der Waals surface area contributed by atoms with Crippen LogP contribution in [0.2, 0.25) is 18.1 Å². The second-order valence-corrected chi connectivity index (χ2v) is 20.3. The van der Waals surface area contributed by atoms with Gasteiger partial charge in [-0.25, -0.2) is 13.2 Å². The average molecular weight is 652 g/mol. The summed E-state index contributed by atoms with van der Waals surface area (Å²) in [7, 11) is -2.70. The lowest BCUT2D eigenvalue weighted by Crippen LogP contribution is -2.49. The Morgan fingerprint density at radius 3 is 2.32 bits per heavy atom. The monoisotopic (exact) mass is 651 g/mol. The van der Waals surface area contributed by atoms with Crippen LogP contribution in [0.25, 0.3) is 0 Å². The first-order chi connectivity index (χ1) is 20.4. The molecule has 3 rings (SSSR count). The Bertz CT molecular complexity index is 1330. The van der Waals surface area contributed by atoms with Crippen LogP contribution in [0, 0.1) is 5.92 Å². The standard InChI is InChI=1S/C31H49N3O8SSi/c1-9-41-30(38)34-23(21-42-44(7,8)31(2,3)4)19-25(29(34)37)28(36)33(20-22-13-11-10-12-14-22)17-15-26-24(27(35)32(5)6)16-18-43(26,39)40/h10-14,16,23,25-26,29,37H,9,15,17-21H2,1-8H3/t23-,25?,26?,29?/m1/s1. The molecule has 11 nitrogen and oxygen atoms in total. The first kappa shape index (κ1) is 35.7. The molecule has 2 aliphatic heterocycles. The maximum Gasteiger partial charge on any atom is 0.412 e. The maximum absolute atomic E-state index is 14.2. The van der Waals surface area contributed by atoms with Gasteiger partial charge in [-0.15, -0.1) is 0 Å². The van der Waals surface area contributed by atoms with Gasteiger partial charge in [0.1, 0.15) is 6.23 Å². The van der Waals surface area contributed by atoms with Crippen molar-refractivity contribution in [3.8, 4) is 0 Å². The molecule has 3 amide bonds. The lowest BCUT2D eigenvalue weighted by Gasteiger charge is -2.38. The minimum Gasteiger partial charge on any atom is -0.450 e. The van der Waals surface area contributed by atoms with Gasteiger partial charge in [0.15, 0.2) is 18.2 Å². The third kappa shape index (κ3) is 8.09. The van der Waals surface area contributed by atoms with Gasteiger partial charge in [-0.2, -0.15) is 0 Å². The molecule has 1 aromatic rings. The van der Waals surface area contributed by atoms with Gasteiger partial charge in [0.2, 0.25) is 11.8 Å². The second-order valence-electron chi connectivity index (χ2n) is 13.3. The molecule has 1 aromatic carbocycles. The normalized spacial score (nSPS) is 23.3. The van der Waals surface area contributed by atoms with Crippen molar-refractivity contribution in [3.05, 3.63) is 47.5 Å². The third-order valence-corrected chi connectivity index (χ3v) is 15.4. The molecule has 0 aromatic heterocycles. The topological polar surface area (TPSA) is 134 Å². The SMILES string of the molecule is CCOC(=O)N1C(O)C(C(=O)N(CCC2C(C(=O)N(C)C)=CCS2(=O)=O)Cc2ccccc2)C[C@@H]1CO[Si](C)(C)C(C)(C)C. The Balaban J connectivity index is 1.89. The van der Waals surface area contributed by atoms with E-state index >= 15 is 0 Å². The van der Waals surface area contributed by atoms with Gasteiger partial charge in [-0.3, -0.25) is 14.5 Å². The number of aliphatic hydroxyl groups is 1. The van der Waals surface area contributed by atoms with Crippen LogP contribution in [0.4, 0.5) is 4.79 Å². The van der Waals surface area contributed by atoms with Crippen molar-refractivity contribution in [2.45, 2.75) is 82.7 Å². The lowest BCUT2D eigenvalue weighted by atomic mass is 10.0. The number of benzene rings is 1. The lowest BCUT2D eigenvalue weighted by molar-refractivity contribution is -0.141. The van der Waals surface area contributed by atoms with Crippen molar-refractivity contribution in [1.29, 1.82) is 0 Å². The number of hydrogen-bond donors (Lipinski definition) is 1. The molecule has 44 heavy (non-hydrogen) atoms. The highest BCUT2D eigenvalue weighted by atomic mass is 32.2. The van der Waals surface area contributed by atoms with Gasteiger partial charge in [0.05, 0.1) is 36.2 Å². The molecule has 1 fully saturated rings. The van der Waals surface area contributed by atoms with Crippen molar-refractivity contribution in [2.24, 2.45) is 5.92 Å². The van der Waals surface area contributed by atoms with Gasteiger partial charge in [-0.1, -0.05) is 57.2 Å². The van der Waals surface area contributed by atoms with Crippen LogP contribution in [0.1, 0.15) is 46.1 Å². The van der Waals surface area contributed by atoms with E-state index in [1.54, 1.807) is 21.0 Å². The largest absolute Gasteiger partial charge is 0.450 e. The van der Waals surface area contributed by atoms with Crippen molar-refractivity contribution in [3.63, 3.8) is 0 Å². The molecule has 2 aliphatic rings. The minimum absolute atomic E-state index is 0.0225. The number of hydrogen-bond acceptors (Lipinski definition) is 8.